The van der Waals surface area contributed by atoms with Crippen LogP contribution in [0.25, 0.3) is 0 Å². The minimum absolute atomic E-state index is 0.285. The Labute approximate surface area is 91.2 Å². The van der Waals surface area contributed by atoms with Crippen LogP contribution < -0.4 is 5.73 Å². The summed E-state index contributed by atoms with van der Waals surface area (Å²) in [5.41, 5.74) is 4.37. The first kappa shape index (κ1) is 12.3. The Balaban J connectivity index is 3.47. The van der Waals surface area contributed by atoms with E-state index in [-0.39, 0.29) is 5.56 Å². The fourth-order valence-electron chi connectivity index (χ4n) is 1.09. The molecule has 7 nitrogen and oxygen atoms in total. The zero-order valence-electron chi connectivity index (χ0n) is 8.17. The van der Waals surface area contributed by atoms with Gasteiger partial charge in [0, 0.05) is 0 Å². The van der Waals surface area contributed by atoms with Gasteiger partial charge in [0.1, 0.15) is 10.5 Å². The molecule has 0 saturated heterocycles. The summed E-state index contributed by atoms with van der Waals surface area (Å²) in [4.78, 5) is 10.4. The van der Waals surface area contributed by atoms with Gasteiger partial charge in [-0.15, -0.1) is 0 Å². The van der Waals surface area contributed by atoms with Crippen molar-refractivity contribution in [2.75, 3.05) is 12.8 Å². The van der Waals surface area contributed by atoms with Gasteiger partial charge in [0.2, 0.25) is 0 Å². The summed E-state index contributed by atoms with van der Waals surface area (Å²) in [6, 6.07) is 1.89. The highest BCUT2D eigenvalue weighted by molar-refractivity contribution is 7.86. The van der Waals surface area contributed by atoms with E-state index in [2.05, 4.69) is 4.74 Å². The van der Waals surface area contributed by atoms with E-state index in [9.17, 15) is 18.3 Å². The van der Waals surface area contributed by atoms with Crippen LogP contribution in [0.15, 0.2) is 17.0 Å². The molecule has 0 fully saturated rings. The molecular formula is C8H9NO6S. The lowest BCUT2D eigenvalue weighted by atomic mass is 10.2. The number of phenolic OH excluding ortho intramolecular Hbond substituents is 1. The summed E-state index contributed by atoms with van der Waals surface area (Å²) >= 11 is 0. The van der Waals surface area contributed by atoms with Crippen LogP contribution in [-0.2, 0) is 14.9 Å². The van der Waals surface area contributed by atoms with E-state index >= 15 is 0 Å². The van der Waals surface area contributed by atoms with Crippen LogP contribution in [0.2, 0.25) is 0 Å². The highest BCUT2D eigenvalue weighted by atomic mass is 32.2. The molecule has 0 spiro atoms. The van der Waals surface area contributed by atoms with Crippen molar-refractivity contribution in [3.05, 3.63) is 17.7 Å². The van der Waals surface area contributed by atoms with Gasteiger partial charge < -0.3 is 15.6 Å². The Bertz CT molecular complexity index is 536. The molecule has 0 saturated carbocycles. The van der Waals surface area contributed by atoms with E-state index in [1.54, 1.807) is 0 Å². The maximum absolute atomic E-state index is 11.1. The molecule has 0 unspecified atom stereocenters. The van der Waals surface area contributed by atoms with Crippen molar-refractivity contribution in [3.63, 3.8) is 0 Å². The molecule has 0 aliphatic rings. The Hall–Kier alpha value is -1.80. The van der Waals surface area contributed by atoms with E-state index in [4.69, 9.17) is 10.3 Å². The van der Waals surface area contributed by atoms with Gasteiger partial charge in [0.05, 0.1) is 12.8 Å². The standard InChI is InChI=1S/C8H9NO6S/c1-15-8(11)4-2-3-5(16(12,13)14)6(9)7(4)10/h2-3,10H,9H2,1H3,(H,12,13,14). The summed E-state index contributed by atoms with van der Waals surface area (Å²) in [7, 11) is -3.45. The van der Waals surface area contributed by atoms with Crippen molar-refractivity contribution in [2.24, 2.45) is 0 Å². The number of phenols is 1. The molecule has 16 heavy (non-hydrogen) atoms. The van der Waals surface area contributed by atoms with Crippen LogP contribution in [0.3, 0.4) is 0 Å². The molecule has 0 atom stereocenters. The number of esters is 1. The first-order valence-corrected chi connectivity index (χ1v) is 5.40. The van der Waals surface area contributed by atoms with Gasteiger partial charge in [-0.2, -0.15) is 8.42 Å². The predicted molar refractivity (Wildman–Crippen MR) is 53.7 cm³/mol. The molecule has 0 bridgehead atoms. The van der Waals surface area contributed by atoms with Crippen molar-refractivity contribution in [2.45, 2.75) is 4.90 Å². The van der Waals surface area contributed by atoms with E-state index in [0.29, 0.717) is 0 Å². The van der Waals surface area contributed by atoms with Crippen molar-refractivity contribution in [1.82, 2.24) is 0 Å². The van der Waals surface area contributed by atoms with Crippen molar-refractivity contribution in [3.8, 4) is 5.75 Å². The van der Waals surface area contributed by atoms with E-state index in [1.165, 1.54) is 0 Å². The maximum atomic E-state index is 11.1. The zero-order chi connectivity index (χ0) is 12.5. The average Bonchev–Trinajstić information content (AvgIpc) is 2.19. The Kier molecular flexibility index (Phi) is 3.06. The number of anilines is 1. The molecule has 4 N–H and O–H groups in total. The van der Waals surface area contributed by atoms with Gasteiger partial charge in [-0.05, 0) is 12.1 Å². The van der Waals surface area contributed by atoms with Crippen LogP contribution in [0.5, 0.6) is 5.75 Å². The molecule has 0 heterocycles. The summed E-state index contributed by atoms with van der Waals surface area (Å²) in [6.07, 6.45) is 0. The van der Waals surface area contributed by atoms with E-state index in [1.807, 2.05) is 0 Å². The molecule has 1 aromatic rings. The number of hydrogen-bond acceptors (Lipinski definition) is 6. The van der Waals surface area contributed by atoms with Gasteiger partial charge in [-0.3, -0.25) is 4.55 Å². The van der Waals surface area contributed by atoms with Crippen LogP contribution in [0, 0.1) is 0 Å². The van der Waals surface area contributed by atoms with Gasteiger partial charge >= 0.3 is 5.97 Å². The molecule has 0 radical (unpaired) electrons. The molecule has 0 aromatic heterocycles. The first-order chi connectivity index (χ1) is 7.29. The normalized spacial score (nSPS) is 11.1. The Morgan fingerprint density at radius 1 is 1.44 bits per heavy atom. The number of aromatic hydroxyl groups is 1. The third-order valence-corrected chi connectivity index (χ3v) is 2.77. The van der Waals surface area contributed by atoms with Gasteiger partial charge in [0.25, 0.3) is 10.1 Å². The smallest absolute Gasteiger partial charge is 0.341 e. The topological polar surface area (TPSA) is 127 Å². The Morgan fingerprint density at radius 3 is 2.44 bits per heavy atom. The predicted octanol–water partition coefficient (Wildman–Crippen LogP) is 0.00770. The lowest BCUT2D eigenvalue weighted by molar-refractivity contribution is 0.0597. The van der Waals surface area contributed by atoms with Gasteiger partial charge in [0.15, 0.2) is 5.75 Å². The second-order valence-electron chi connectivity index (χ2n) is 2.84. The first-order valence-electron chi connectivity index (χ1n) is 3.96. The number of benzene rings is 1. The lowest BCUT2D eigenvalue weighted by Crippen LogP contribution is -2.08. The fourth-order valence-corrected chi connectivity index (χ4v) is 1.70. The van der Waals surface area contributed by atoms with Gasteiger partial charge in [-0.1, -0.05) is 0 Å². The molecule has 0 aliphatic heterocycles. The number of methoxy groups -OCH3 is 1. The summed E-state index contributed by atoms with van der Waals surface area (Å²) in [6.45, 7) is 0. The van der Waals surface area contributed by atoms with Crippen LogP contribution in [-0.4, -0.2) is 31.2 Å². The monoisotopic (exact) mass is 247 g/mol. The summed E-state index contributed by atoms with van der Waals surface area (Å²) in [5.74, 6) is -1.62. The SMILES string of the molecule is COC(=O)c1ccc(S(=O)(=O)O)c(N)c1O. The third-order valence-electron chi connectivity index (χ3n) is 1.86. The lowest BCUT2D eigenvalue weighted by Gasteiger charge is -2.08. The maximum Gasteiger partial charge on any atom is 0.341 e. The third kappa shape index (κ3) is 2.07. The number of carbonyl (C=O) groups is 1. The van der Waals surface area contributed by atoms with Crippen molar-refractivity contribution < 1.29 is 27.6 Å². The number of nitrogen functional groups attached to an aromatic ring is 1. The second kappa shape index (κ2) is 3.99. The molecule has 88 valence electrons. The van der Waals surface area contributed by atoms with E-state index in [0.717, 1.165) is 19.2 Å². The summed E-state index contributed by atoms with van der Waals surface area (Å²) in [5, 5.41) is 9.44. The summed E-state index contributed by atoms with van der Waals surface area (Å²) < 4.78 is 34.7. The molecule has 1 rings (SSSR count). The van der Waals surface area contributed by atoms with Crippen LogP contribution in [0.1, 0.15) is 10.4 Å². The van der Waals surface area contributed by atoms with Crippen molar-refractivity contribution in [1.29, 1.82) is 0 Å². The number of rotatable bonds is 2. The Morgan fingerprint density at radius 2 is 2.00 bits per heavy atom. The highest BCUT2D eigenvalue weighted by Gasteiger charge is 2.21. The number of carbonyl (C=O) groups excluding carboxylic acids is 1. The van der Waals surface area contributed by atoms with E-state index < -0.39 is 32.4 Å². The molecule has 1 aromatic carbocycles. The fraction of sp³-hybridized carbons (Fsp3) is 0.125. The average molecular weight is 247 g/mol. The highest BCUT2D eigenvalue weighted by Crippen LogP contribution is 2.31. The quantitative estimate of drug-likeness (QED) is 0.290. The number of hydrogen-bond donors (Lipinski definition) is 3. The minimum Gasteiger partial charge on any atom is -0.505 e. The molecule has 0 amide bonds. The second-order valence-corrected chi connectivity index (χ2v) is 4.23. The van der Waals surface area contributed by atoms with Crippen molar-refractivity contribution >= 4 is 21.8 Å². The zero-order valence-corrected chi connectivity index (χ0v) is 8.98. The minimum atomic E-state index is -4.54. The molecule has 8 heteroatoms. The molecule has 0 aliphatic carbocycles. The van der Waals surface area contributed by atoms with Crippen LogP contribution >= 0.6 is 0 Å². The number of ether oxygens (including phenoxy) is 1. The largest absolute Gasteiger partial charge is 0.505 e. The van der Waals surface area contributed by atoms with Gasteiger partial charge in [-0.25, -0.2) is 4.79 Å². The van der Waals surface area contributed by atoms with Crippen LogP contribution in [0.4, 0.5) is 5.69 Å². The molecular weight excluding hydrogens is 238 g/mol. The number of nitrogens with two attached hydrogens (primary N) is 1.